The average Bonchev–Trinajstić information content (AvgIpc) is 3.47. The molecule has 0 heterocycles. The van der Waals surface area contributed by atoms with Crippen LogP contribution in [0.2, 0.25) is 0 Å². The zero-order valence-corrected chi connectivity index (χ0v) is 18.0. The van der Waals surface area contributed by atoms with Crippen LogP contribution in [0, 0.1) is 5.92 Å². The Labute approximate surface area is 173 Å². The van der Waals surface area contributed by atoms with Gasteiger partial charge >= 0.3 is 0 Å². The minimum absolute atomic E-state index is 0. The van der Waals surface area contributed by atoms with E-state index in [0.29, 0.717) is 13.1 Å². The van der Waals surface area contributed by atoms with E-state index in [-0.39, 0.29) is 35.8 Å². The molecule has 0 aliphatic heterocycles. The van der Waals surface area contributed by atoms with E-state index in [1.807, 2.05) is 19.1 Å². The van der Waals surface area contributed by atoms with Gasteiger partial charge in [0.2, 0.25) is 5.91 Å². The van der Waals surface area contributed by atoms with Crippen molar-refractivity contribution in [3.63, 3.8) is 0 Å². The van der Waals surface area contributed by atoms with Crippen molar-refractivity contribution >= 4 is 35.8 Å². The maximum Gasteiger partial charge on any atom is 0.223 e. The van der Waals surface area contributed by atoms with Gasteiger partial charge in [-0.2, -0.15) is 0 Å². The molecule has 0 aromatic heterocycles. The number of carbonyl (C=O) groups is 1. The van der Waals surface area contributed by atoms with Gasteiger partial charge in [0.25, 0.3) is 0 Å². The highest BCUT2D eigenvalue weighted by Gasteiger charge is 2.28. The van der Waals surface area contributed by atoms with E-state index in [1.165, 1.54) is 5.56 Å². The number of carbonyl (C=O) groups excluding carboxylic acids is 1. The predicted octanol–water partition coefficient (Wildman–Crippen LogP) is 2.33. The van der Waals surface area contributed by atoms with Gasteiger partial charge in [-0.3, -0.25) is 9.79 Å². The van der Waals surface area contributed by atoms with Gasteiger partial charge in [0.15, 0.2) is 5.96 Å². The van der Waals surface area contributed by atoms with E-state index in [2.05, 4.69) is 33.1 Å². The molecule has 1 aliphatic rings. The van der Waals surface area contributed by atoms with Crippen molar-refractivity contribution in [2.24, 2.45) is 10.9 Å². The fourth-order valence-corrected chi connectivity index (χ4v) is 2.46. The van der Waals surface area contributed by atoms with Crippen LogP contribution >= 0.6 is 24.0 Å². The molecule has 1 saturated carbocycles. The fourth-order valence-electron chi connectivity index (χ4n) is 2.46. The second kappa shape index (κ2) is 12.8. The van der Waals surface area contributed by atoms with Crippen LogP contribution in [0.25, 0.3) is 0 Å². The lowest BCUT2D eigenvalue weighted by Crippen LogP contribution is -2.41. The highest BCUT2D eigenvalue weighted by Crippen LogP contribution is 2.28. The van der Waals surface area contributed by atoms with E-state index in [4.69, 9.17) is 4.74 Å². The molecule has 0 bridgehead atoms. The van der Waals surface area contributed by atoms with E-state index in [1.54, 1.807) is 7.11 Å². The molecule has 146 valence electrons. The molecule has 0 spiro atoms. The molecule has 1 amide bonds. The molecule has 7 heteroatoms. The number of amides is 1. The van der Waals surface area contributed by atoms with Crippen LogP contribution in [-0.2, 0) is 11.2 Å². The summed E-state index contributed by atoms with van der Waals surface area (Å²) in [5.74, 6) is 2.13. The Kier molecular flexibility index (Phi) is 11.1. The molecule has 0 radical (unpaired) electrons. The number of rotatable bonds is 10. The minimum atomic E-state index is 0. The first-order chi connectivity index (χ1) is 12.2. The Bertz CT molecular complexity index is 559. The molecule has 26 heavy (non-hydrogen) atoms. The maximum atomic E-state index is 11.6. The topological polar surface area (TPSA) is 74.8 Å². The monoisotopic (exact) mass is 474 g/mol. The number of nitrogens with one attached hydrogen (secondary N) is 3. The third-order valence-corrected chi connectivity index (χ3v) is 4.06. The lowest BCUT2D eigenvalue weighted by Gasteiger charge is -2.11. The maximum absolute atomic E-state index is 11.6. The third kappa shape index (κ3) is 8.73. The molecule has 0 unspecified atom stereocenters. The van der Waals surface area contributed by atoms with Crippen LogP contribution in [0.15, 0.2) is 29.3 Å². The van der Waals surface area contributed by atoms with Crippen molar-refractivity contribution < 1.29 is 9.53 Å². The van der Waals surface area contributed by atoms with E-state index < -0.39 is 0 Å². The Morgan fingerprint density at radius 2 is 1.85 bits per heavy atom. The van der Waals surface area contributed by atoms with Gasteiger partial charge in [0, 0.05) is 32.1 Å². The second-order valence-electron chi connectivity index (χ2n) is 6.20. The van der Waals surface area contributed by atoms with E-state index in [0.717, 1.165) is 50.5 Å². The lowest BCUT2D eigenvalue weighted by molar-refractivity contribution is -0.122. The molecule has 1 aliphatic carbocycles. The first-order valence-electron chi connectivity index (χ1n) is 9.15. The molecule has 1 aromatic rings. The van der Waals surface area contributed by atoms with Gasteiger partial charge in [-0.15, -0.1) is 24.0 Å². The summed E-state index contributed by atoms with van der Waals surface area (Å²) in [6.07, 6.45) is 4.06. The summed E-state index contributed by atoms with van der Waals surface area (Å²) in [4.78, 5) is 16.2. The number of hydrogen-bond acceptors (Lipinski definition) is 3. The largest absolute Gasteiger partial charge is 0.497 e. The highest BCUT2D eigenvalue weighted by molar-refractivity contribution is 14.0. The Morgan fingerprint density at radius 3 is 2.46 bits per heavy atom. The summed E-state index contributed by atoms with van der Waals surface area (Å²) in [6, 6.07) is 8.16. The highest BCUT2D eigenvalue weighted by atomic mass is 127. The molecule has 0 atom stereocenters. The van der Waals surface area contributed by atoms with Gasteiger partial charge in [-0.05, 0) is 50.3 Å². The van der Waals surface area contributed by atoms with E-state index in [9.17, 15) is 4.79 Å². The van der Waals surface area contributed by atoms with Crippen LogP contribution in [0.5, 0.6) is 5.75 Å². The Balaban J connectivity index is 0.00000338. The number of aryl methyl sites for hydroxylation is 1. The summed E-state index contributed by atoms with van der Waals surface area (Å²) in [5, 5.41) is 9.43. The first kappa shape index (κ1) is 22.5. The van der Waals surface area contributed by atoms with Gasteiger partial charge in [-0.1, -0.05) is 12.1 Å². The SMILES string of the molecule is CCNC(=NCCCc1ccc(OC)cc1)NCCNC(=O)C1CC1.I. The number of nitrogens with zero attached hydrogens (tertiary/aromatic N) is 1. The third-order valence-electron chi connectivity index (χ3n) is 4.06. The van der Waals surface area contributed by atoms with Crippen molar-refractivity contribution in [2.75, 3.05) is 33.3 Å². The molecular weight excluding hydrogens is 443 g/mol. The van der Waals surface area contributed by atoms with Crippen LogP contribution in [0.4, 0.5) is 0 Å². The van der Waals surface area contributed by atoms with Crippen LogP contribution in [-0.4, -0.2) is 45.2 Å². The van der Waals surface area contributed by atoms with Crippen molar-refractivity contribution in [1.29, 1.82) is 0 Å². The summed E-state index contributed by atoms with van der Waals surface area (Å²) in [5.41, 5.74) is 1.29. The quantitative estimate of drug-likeness (QED) is 0.211. The fraction of sp³-hybridized carbons (Fsp3) is 0.579. The molecule has 0 saturated heterocycles. The molecule has 6 nitrogen and oxygen atoms in total. The van der Waals surface area contributed by atoms with Gasteiger partial charge in [0.1, 0.15) is 5.75 Å². The van der Waals surface area contributed by atoms with Crippen molar-refractivity contribution in [1.82, 2.24) is 16.0 Å². The summed E-state index contributed by atoms with van der Waals surface area (Å²) < 4.78 is 5.17. The molecule has 1 fully saturated rings. The predicted molar refractivity (Wildman–Crippen MR) is 116 cm³/mol. The van der Waals surface area contributed by atoms with E-state index >= 15 is 0 Å². The number of hydrogen-bond donors (Lipinski definition) is 3. The average molecular weight is 474 g/mol. The summed E-state index contributed by atoms with van der Waals surface area (Å²) in [6.45, 7) is 4.94. The van der Waals surface area contributed by atoms with Crippen molar-refractivity contribution in [3.8, 4) is 5.75 Å². The number of benzene rings is 1. The minimum Gasteiger partial charge on any atom is -0.497 e. The number of guanidine groups is 1. The lowest BCUT2D eigenvalue weighted by atomic mass is 10.1. The number of halogens is 1. The zero-order chi connectivity index (χ0) is 17.9. The van der Waals surface area contributed by atoms with Crippen molar-refractivity contribution in [2.45, 2.75) is 32.6 Å². The van der Waals surface area contributed by atoms with Crippen molar-refractivity contribution in [3.05, 3.63) is 29.8 Å². The zero-order valence-electron chi connectivity index (χ0n) is 15.7. The van der Waals surface area contributed by atoms with Crippen LogP contribution in [0.3, 0.4) is 0 Å². The van der Waals surface area contributed by atoms with Gasteiger partial charge in [0.05, 0.1) is 7.11 Å². The molecular formula is C19H31IN4O2. The first-order valence-corrected chi connectivity index (χ1v) is 9.15. The van der Waals surface area contributed by atoms with Gasteiger partial charge < -0.3 is 20.7 Å². The van der Waals surface area contributed by atoms with Gasteiger partial charge in [-0.25, -0.2) is 0 Å². The summed E-state index contributed by atoms with van der Waals surface area (Å²) >= 11 is 0. The van der Waals surface area contributed by atoms with Crippen LogP contribution in [0.1, 0.15) is 31.7 Å². The Morgan fingerprint density at radius 1 is 1.15 bits per heavy atom. The molecule has 2 rings (SSSR count). The number of aliphatic imine (C=N–C) groups is 1. The normalized spacial score (nSPS) is 13.5. The van der Waals surface area contributed by atoms with Crippen LogP contribution < -0.4 is 20.7 Å². The number of ether oxygens (including phenoxy) is 1. The number of methoxy groups -OCH3 is 1. The standard InChI is InChI=1S/C19H30N4O2.HI/c1-3-20-19(23-14-13-21-18(24)16-8-9-16)22-12-4-5-15-6-10-17(25-2)11-7-15;/h6-7,10-11,16H,3-5,8-9,12-14H2,1-2H3,(H,21,24)(H2,20,22,23);1H. The summed E-state index contributed by atoms with van der Waals surface area (Å²) in [7, 11) is 1.68. The Hall–Kier alpha value is -1.51. The second-order valence-corrected chi connectivity index (χ2v) is 6.20. The molecule has 3 N–H and O–H groups in total. The molecule has 1 aromatic carbocycles. The smallest absolute Gasteiger partial charge is 0.223 e.